The quantitative estimate of drug-likeness (QED) is 0.655. The number of methoxy groups -OCH3 is 1. The molecule has 152 valence electrons. The third kappa shape index (κ3) is 4.85. The van der Waals surface area contributed by atoms with Gasteiger partial charge in [-0.05, 0) is 24.3 Å². The Kier molecular flexibility index (Phi) is 8.27. The monoisotopic (exact) mass is 441 g/mol. The van der Waals surface area contributed by atoms with Crippen molar-refractivity contribution in [3.05, 3.63) is 53.6 Å². The minimum absolute atomic E-state index is 0. The van der Waals surface area contributed by atoms with Gasteiger partial charge in [-0.25, -0.2) is 9.97 Å². The molecule has 1 aliphatic rings. The van der Waals surface area contributed by atoms with Gasteiger partial charge >= 0.3 is 0 Å². The summed E-state index contributed by atoms with van der Waals surface area (Å²) in [6.07, 6.45) is 3.87. The van der Waals surface area contributed by atoms with Crippen LogP contribution in [0.15, 0.2) is 42.0 Å². The zero-order valence-corrected chi connectivity index (χ0v) is 18.3. The highest BCUT2D eigenvalue weighted by atomic mass is 35.5. The van der Waals surface area contributed by atoms with E-state index in [2.05, 4.69) is 44.3 Å². The van der Waals surface area contributed by atoms with Crippen molar-refractivity contribution in [1.82, 2.24) is 24.8 Å². The molecule has 1 saturated heterocycles. The molecule has 0 amide bonds. The van der Waals surface area contributed by atoms with Crippen molar-refractivity contribution < 1.29 is 4.74 Å². The average Bonchev–Trinajstić information content (AvgIpc) is 3.31. The molecule has 0 saturated carbocycles. The fourth-order valence-corrected chi connectivity index (χ4v) is 4.16. The van der Waals surface area contributed by atoms with Crippen LogP contribution in [0.3, 0.4) is 0 Å². The van der Waals surface area contributed by atoms with Crippen molar-refractivity contribution in [2.24, 2.45) is 7.05 Å². The van der Waals surface area contributed by atoms with Crippen LogP contribution in [0, 0.1) is 0 Å². The summed E-state index contributed by atoms with van der Waals surface area (Å²) in [6.45, 7) is 3.75. The first-order valence-corrected chi connectivity index (χ1v) is 9.63. The van der Waals surface area contributed by atoms with Crippen molar-refractivity contribution in [3.8, 4) is 16.3 Å². The zero-order valence-electron chi connectivity index (χ0n) is 15.9. The number of hydrogen-bond acceptors (Lipinski definition) is 6. The third-order valence-corrected chi connectivity index (χ3v) is 5.70. The maximum atomic E-state index is 5.23. The van der Waals surface area contributed by atoms with E-state index in [4.69, 9.17) is 9.72 Å². The number of ether oxygens (including phenoxy) is 1. The molecule has 1 N–H and O–H groups in total. The van der Waals surface area contributed by atoms with Gasteiger partial charge < -0.3 is 14.6 Å². The Labute approximate surface area is 181 Å². The molecule has 1 atom stereocenters. The van der Waals surface area contributed by atoms with Crippen molar-refractivity contribution in [2.45, 2.75) is 12.6 Å². The molecule has 4 rings (SSSR count). The topological polar surface area (TPSA) is 55.2 Å². The fraction of sp³-hybridized carbons (Fsp3) is 0.368. The highest BCUT2D eigenvalue weighted by Gasteiger charge is 2.27. The lowest BCUT2D eigenvalue weighted by Gasteiger charge is -2.35. The van der Waals surface area contributed by atoms with E-state index in [9.17, 15) is 0 Å². The van der Waals surface area contributed by atoms with Crippen LogP contribution in [0.1, 0.15) is 17.6 Å². The lowest BCUT2D eigenvalue weighted by Crippen LogP contribution is -2.46. The number of nitrogens with zero attached hydrogens (tertiary/aromatic N) is 4. The van der Waals surface area contributed by atoms with E-state index < -0.39 is 0 Å². The number of imidazole rings is 1. The maximum absolute atomic E-state index is 5.23. The minimum atomic E-state index is 0. The number of thiazole rings is 1. The molecule has 1 fully saturated rings. The first-order valence-electron chi connectivity index (χ1n) is 8.75. The van der Waals surface area contributed by atoms with Gasteiger partial charge in [-0.1, -0.05) is 0 Å². The van der Waals surface area contributed by atoms with Gasteiger partial charge in [0.05, 0.1) is 18.8 Å². The second-order valence-electron chi connectivity index (χ2n) is 6.46. The summed E-state index contributed by atoms with van der Waals surface area (Å²) < 4.78 is 7.34. The van der Waals surface area contributed by atoms with Crippen LogP contribution in [0.2, 0.25) is 0 Å². The Balaban J connectivity index is 0.00000140. The van der Waals surface area contributed by atoms with E-state index in [-0.39, 0.29) is 30.9 Å². The first-order chi connectivity index (χ1) is 12.7. The van der Waals surface area contributed by atoms with E-state index >= 15 is 0 Å². The molecule has 0 spiro atoms. The van der Waals surface area contributed by atoms with Gasteiger partial charge in [0.25, 0.3) is 0 Å². The van der Waals surface area contributed by atoms with E-state index in [1.54, 1.807) is 18.4 Å². The van der Waals surface area contributed by atoms with Gasteiger partial charge in [0.2, 0.25) is 0 Å². The number of rotatable bonds is 5. The first kappa shape index (κ1) is 22.6. The summed E-state index contributed by atoms with van der Waals surface area (Å²) in [5.74, 6) is 1.96. The number of nitrogens with one attached hydrogen (secondary N) is 1. The van der Waals surface area contributed by atoms with Gasteiger partial charge in [0.15, 0.2) is 0 Å². The minimum Gasteiger partial charge on any atom is -0.497 e. The van der Waals surface area contributed by atoms with Crippen LogP contribution in [0.25, 0.3) is 10.6 Å². The standard InChI is InChI=1S/C19H23N5OS.2ClH/c1-23-9-8-21-18(23)17-11-20-7-10-24(17)12-15-13-26-19(22-15)14-3-5-16(25-2)6-4-14;;/h3-6,8-9,13,17,20H,7,10-12H2,1-2H3;2*1H. The summed E-state index contributed by atoms with van der Waals surface area (Å²) in [4.78, 5) is 11.9. The number of aryl methyl sites for hydroxylation is 1. The number of aromatic nitrogens is 3. The molecule has 1 aliphatic heterocycles. The Morgan fingerprint density at radius 2 is 2.04 bits per heavy atom. The summed E-state index contributed by atoms with van der Waals surface area (Å²) in [7, 11) is 3.74. The van der Waals surface area contributed by atoms with Crippen molar-refractivity contribution in [2.75, 3.05) is 26.7 Å². The highest BCUT2D eigenvalue weighted by molar-refractivity contribution is 7.13. The maximum Gasteiger partial charge on any atom is 0.127 e. The zero-order chi connectivity index (χ0) is 17.9. The number of benzene rings is 1. The molecule has 1 unspecified atom stereocenters. The number of piperazine rings is 1. The normalized spacial score (nSPS) is 16.9. The lowest BCUT2D eigenvalue weighted by atomic mass is 10.1. The summed E-state index contributed by atoms with van der Waals surface area (Å²) >= 11 is 1.69. The van der Waals surface area contributed by atoms with E-state index in [0.29, 0.717) is 0 Å². The third-order valence-electron chi connectivity index (χ3n) is 4.76. The van der Waals surface area contributed by atoms with E-state index in [1.807, 2.05) is 24.5 Å². The second-order valence-corrected chi connectivity index (χ2v) is 7.32. The van der Waals surface area contributed by atoms with Crippen LogP contribution in [0.5, 0.6) is 5.75 Å². The molecular formula is C19H25Cl2N5OS. The molecular weight excluding hydrogens is 417 g/mol. The van der Waals surface area contributed by atoms with E-state index in [0.717, 1.165) is 54.0 Å². The van der Waals surface area contributed by atoms with Crippen LogP contribution in [-0.4, -0.2) is 46.2 Å². The summed E-state index contributed by atoms with van der Waals surface area (Å²) in [6, 6.07) is 8.34. The Hall–Kier alpha value is -1.64. The van der Waals surface area contributed by atoms with Gasteiger partial charge in [0, 0.05) is 56.6 Å². The molecule has 0 radical (unpaired) electrons. The molecule has 0 aliphatic carbocycles. The fourth-order valence-electron chi connectivity index (χ4n) is 3.34. The highest BCUT2D eigenvalue weighted by Crippen LogP contribution is 2.28. The molecule has 9 heteroatoms. The van der Waals surface area contributed by atoms with Gasteiger partial charge in [-0.15, -0.1) is 36.2 Å². The van der Waals surface area contributed by atoms with Crippen molar-refractivity contribution in [3.63, 3.8) is 0 Å². The molecule has 1 aromatic carbocycles. The predicted octanol–water partition coefficient (Wildman–Crippen LogP) is 3.54. The Bertz CT molecular complexity index is 867. The van der Waals surface area contributed by atoms with Gasteiger partial charge in [-0.3, -0.25) is 4.90 Å². The summed E-state index contributed by atoms with van der Waals surface area (Å²) in [5, 5.41) is 6.69. The van der Waals surface area contributed by atoms with Crippen molar-refractivity contribution >= 4 is 36.2 Å². The van der Waals surface area contributed by atoms with Gasteiger partial charge in [0.1, 0.15) is 16.6 Å². The number of hydrogen-bond donors (Lipinski definition) is 1. The molecule has 0 bridgehead atoms. The van der Waals surface area contributed by atoms with Crippen LogP contribution in [-0.2, 0) is 13.6 Å². The molecule has 28 heavy (non-hydrogen) atoms. The Morgan fingerprint density at radius 1 is 1.25 bits per heavy atom. The number of halogens is 2. The molecule has 3 heterocycles. The summed E-state index contributed by atoms with van der Waals surface area (Å²) in [5.41, 5.74) is 2.24. The molecule has 2 aromatic heterocycles. The van der Waals surface area contributed by atoms with Crippen LogP contribution >= 0.6 is 36.2 Å². The lowest BCUT2D eigenvalue weighted by molar-refractivity contribution is 0.143. The molecule has 6 nitrogen and oxygen atoms in total. The average molecular weight is 442 g/mol. The SMILES string of the molecule is COc1ccc(-c2nc(CN3CCNCC3c3nccn3C)cs2)cc1.Cl.Cl. The van der Waals surface area contributed by atoms with E-state index in [1.165, 1.54) is 0 Å². The van der Waals surface area contributed by atoms with Crippen LogP contribution in [0.4, 0.5) is 0 Å². The van der Waals surface area contributed by atoms with Crippen molar-refractivity contribution in [1.29, 1.82) is 0 Å². The molecule has 3 aromatic rings. The Morgan fingerprint density at radius 3 is 2.71 bits per heavy atom. The second kappa shape index (κ2) is 10.2. The van der Waals surface area contributed by atoms with Crippen LogP contribution < -0.4 is 10.1 Å². The smallest absolute Gasteiger partial charge is 0.127 e. The van der Waals surface area contributed by atoms with Gasteiger partial charge in [-0.2, -0.15) is 0 Å². The predicted molar refractivity (Wildman–Crippen MR) is 118 cm³/mol. The largest absolute Gasteiger partial charge is 0.497 e.